The highest BCUT2D eigenvalue weighted by Gasteiger charge is 2.20. The first kappa shape index (κ1) is 26.9. The number of piperazine rings is 1. The lowest BCUT2D eigenvalue weighted by Crippen LogP contribution is -2.47. The number of carbonyl (C=O) groups is 1. The number of aliphatic hydroxyl groups excluding tert-OH is 1. The number of rotatable bonds is 9. The summed E-state index contributed by atoms with van der Waals surface area (Å²) in [4.78, 5) is 37.9. The Morgan fingerprint density at radius 2 is 1.95 bits per heavy atom. The molecule has 0 radical (unpaired) electrons. The summed E-state index contributed by atoms with van der Waals surface area (Å²) in [5.74, 6) is 0.716. The lowest BCUT2D eigenvalue weighted by atomic mass is 10.2. The SMILES string of the molecule is C=CC(=O)Nc1cccc(-n2ccc(=O)c3cnc(Nc4ccc(N5CCN(CCO)CC5)c(OC)c4)nc32)c1. The Bertz CT molecular complexity index is 1600. The number of benzene rings is 2. The van der Waals surface area contributed by atoms with Crippen molar-refractivity contribution in [1.82, 2.24) is 19.4 Å². The number of aliphatic hydroxyl groups is 1. The van der Waals surface area contributed by atoms with Crippen molar-refractivity contribution in [3.8, 4) is 11.4 Å². The Kier molecular flexibility index (Phi) is 8.04. The smallest absolute Gasteiger partial charge is 0.247 e. The fourth-order valence-corrected chi connectivity index (χ4v) is 4.73. The summed E-state index contributed by atoms with van der Waals surface area (Å²) in [5, 5.41) is 15.5. The van der Waals surface area contributed by atoms with Crippen LogP contribution in [0.1, 0.15) is 0 Å². The molecule has 1 amide bonds. The number of hydrogen-bond donors (Lipinski definition) is 3. The van der Waals surface area contributed by atoms with E-state index in [1.807, 2.05) is 24.3 Å². The molecule has 11 heteroatoms. The van der Waals surface area contributed by atoms with E-state index in [1.54, 1.807) is 36.1 Å². The monoisotopic (exact) mass is 541 g/mol. The third-order valence-corrected chi connectivity index (χ3v) is 6.78. The minimum atomic E-state index is -0.318. The van der Waals surface area contributed by atoms with Crippen LogP contribution in [0.3, 0.4) is 0 Å². The highest BCUT2D eigenvalue weighted by Crippen LogP contribution is 2.33. The standard InChI is InChI=1S/C29H31N7O4/c1-3-27(39)31-20-5-4-6-22(17-20)36-10-9-25(38)23-19-30-29(33-28(23)36)32-21-7-8-24(26(18-21)40-2)35-13-11-34(12-14-35)15-16-37/h3-10,17-19,37H,1,11-16H2,2H3,(H,31,39)(H,30,32,33). The van der Waals surface area contributed by atoms with Gasteiger partial charge in [0.05, 0.1) is 24.8 Å². The second kappa shape index (κ2) is 12.0. The van der Waals surface area contributed by atoms with E-state index in [0.717, 1.165) is 43.3 Å². The van der Waals surface area contributed by atoms with Gasteiger partial charge in [-0.05, 0) is 36.4 Å². The van der Waals surface area contributed by atoms with E-state index >= 15 is 0 Å². The zero-order valence-electron chi connectivity index (χ0n) is 22.2. The maximum Gasteiger partial charge on any atom is 0.247 e. The second-order valence-electron chi connectivity index (χ2n) is 9.29. The number of carbonyl (C=O) groups excluding carboxylic acids is 1. The molecule has 1 aliphatic rings. The Labute approximate surface area is 231 Å². The van der Waals surface area contributed by atoms with Crippen molar-refractivity contribution in [2.75, 3.05) is 62.0 Å². The van der Waals surface area contributed by atoms with Gasteiger partial charge in [0, 0.05) is 74.3 Å². The lowest BCUT2D eigenvalue weighted by molar-refractivity contribution is -0.111. The molecule has 0 aliphatic carbocycles. The Hall–Kier alpha value is -4.74. The van der Waals surface area contributed by atoms with Gasteiger partial charge >= 0.3 is 0 Å². The normalized spacial score (nSPS) is 13.7. The van der Waals surface area contributed by atoms with Crippen molar-refractivity contribution in [3.05, 3.63) is 83.8 Å². The van der Waals surface area contributed by atoms with Crippen LogP contribution in [0.5, 0.6) is 5.75 Å². The number of aromatic nitrogens is 3. The number of ether oxygens (including phenoxy) is 1. The topological polar surface area (TPSA) is 125 Å². The Morgan fingerprint density at radius 3 is 2.70 bits per heavy atom. The highest BCUT2D eigenvalue weighted by molar-refractivity contribution is 5.99. The molecule has 0 bridgehead atoms. The predicted molar refractivity (Wildman–Crippen MR) is 156 cm³/mol. The predicted octanol–water partition coefficient (Wildman–Crippen LogP) is 2.77. The summed E-state index contributed by atoms with van der Waals surface area (Å²) < 4.78 is 7.47. The second-order valence-corrected chi connectivity index (χ2v) is 9.29. The van der Waals surface area contributed by atoms with Crippen LogP contribution in [0.4, 0.5) is 23.0 Å². The molecule has 1 aliphatic heterocycles. The molecule has 0 spiro atoms. The van der Waals surface area contributed by atoms with Gasteiger partial charge in [-0.15, -0.1) is 0 Å². The number of β-amino-alcohol motifs (C(OH)–C–C–N with tert-alkyl or cyclic N) is 1. The first-order valence-corrected chi connectivity index (χ1v) is 12.9. The first-order valence-electron chi connectivity index (χ1n) is 12.9. The molecule has 2 aromatic heterocycles. The maximum atomic E-state index is 12.6. The minimum absolute atomic E-state index is 0.164. The van der Waals surface area contributed by atoms with Crippen LogP contribution in [0.15, 0.2) is 78.4 Å². The van der Waals surface area contributed by atoms with Crippen LogP contribution in [0.2, 0.25) is 0 Å². The van der Waals surface area contributed by atoms with Gasteiger partial charge in [-0.25, -0.2) is 4.98 Å². The van der Waals surface area contributed by atoms with E-state index < -0.39 is 0 Å². The zero-order valence-corrected chi connectivity index (χ0v) is 22.2. The average molecular weight is 542 g/mol. The summed E-state index contributed by atoms with van der Waals surface area (Å²) in [6.45, 7) is 7.76. The molecule has 3 heterocycles. The molecular weight excluding hydrogens is 510 g/mol. The van der Waals surface area contributed by atoms with Gasteiger partial charge in [0.1, 0.15) is 5.75 Å². The minimum Gasteiger partial charge on any atom is -0.495 e. The van der Waals surface area contributed by atoms with E-state index in [9.17, 15) is 14.7 Å². The molecule has 5 rings (SSSR count). The molecule has 2 aromatic carbocycles. The van der Waals surface area contributed by atoms with Gasteiger partial charge in [-0.2, -0.15) is 4.98 Å². The summed E-state index contributed by atoms with van der Waals surface area (Å²) in [6, 6.07) is 14.5. The fraction of sp³-hybridized carbons (Fsp3) is 0.241. The van der Waals surface area contributed by atoms with Crippen LogP contribution in [-0.4, -0.2) is 76.9 Å². The molecule has 206 valence electrons. The third-order valence-electron chi connectivity index (χ3n) is 6.78. The molecular formula is C29H31N7O4. The van der Waals surface area contributed by atoms with Gasteiger partial charge in [0.25, 0.3) is 0 Å². The van der Waals surface area contributed by atoms with Crippen LogP contribution in [0, 0.1) is 0 Å². The summed E-state index contributed by atoms with van der Waals surface area (Å²) in [6.07, 6.45) is 4.35. The van der Waals surface area contributed by atoms with Crippen molar-refractivity contribution in [3.63, 3.8) is 0 Å². The molecule has 40 heavy (non-hydrogen) atoms. The van der Waals surface area contributed by atoms with E-state index in [4.69, 9.17) is 4.74 Å². The molecule has 1 fully saturated rings. The summed E-state index contributed by atoms with van der Waals surface area (Å²) in [5.41, 5.74) is 3.25. The molecule has 0 saturated carbocycles. The zero-order chi connectivity index (χ0) is 28.1. The molecule has 1 saturated heterocycles. The fourth-order valence-electron chi connectivity index (χ4n) is 4.73. The van der Waals surface area contributed by atoms with Gasteiger partial charge < -0.3 is 29.9 Å². The van der Waals surface area contributed by atoms with Crippen molar-refractivity contribution in [2.45, 2.75) is 0 Å². The number of nitrogens with zero attached hydrogens (tertiary/aromatic N) is 5. The lowest BCUT2D eigenvalue weighted by Gasteiger charge is -2.36. The number of pyridine rings is 1. The van der Waals surface area contributed by atoms with Crippen molar-refractivity contribution in [1.29, 1.82) is 0 Å². The number of anilines is 4. The van der Waals surface area contributed by atoms with Crippen LogP contribution in [-0.2, 0) is 4.79 Å². The van der Waals surface area contributed by atoms with E-state index in [-0.39, 0.29) is 17.9 Å². The van der Waals surface area contributed by atoms with Gasteiger partial charge in [0.2, 0.25) is 11.9 Å². The molecule has 11 nitrogen and oxygen atoms in total. The Morgan fingerprint density at radius 1 is 1.12 bits per heavy atom. The summed E-state index contributed by atoms with van der Waals surface area (Å²) in [7, 11) is 1.64. The van der Waals surface area contributed by atoms with Crippen molar-refractivity contribution in [2.24, 2.45) is 0 Å². The first-order chi connectivity index (χ1) is 19.5. The average Bonchev–Trinajstić information content (AvgIpc) is 2.98. The van der Waals surface area contributed by atoms with Crippen LogP contribution in [0.25, 0.3) is 16.7 Å². The van der Waals surface area contributed by atoms with Crippen LogP contribution < -0.4 is 25.7 Å². The molecule has 3 N–H and O–H groups in total. The Balaban J connectivity index is 1.42. The van der Waals surface area contributed by atoms with E-state index in [2.05, 4.69) is 37.0 Å². The largest absolute Gasteiger partial charge is 0.495 e. The number of nitrogens with one attached hydrogen (secondary N) is 2. The molecule has 0 atom stereocenters. The molecule has 4 aromatic rings. The van der Waals surface area contributed by atoms with Gasteiger partial charge in [0.15, 0.2) is 11.1 Å². The number of fused-ring (bicyclic) bond motifs is 1. The van der Waals surface area contributed by atoms with Crippen molar-refractivity contribution >= 4 is 40.0 Å². The van der Waals surface area contributed by atoms with E-state index in [0.29, 0.717) is 34.9 Å². The van der Waals surface area contributed by atoms with Crippen molar-refractivity contribution < 1.29 is 14.6 Å². The number of methoxy groups -OCH3 is 1. The van der Waals surface area contributed by atoms with Crippen LogP contribution >= 0.6 is 0 Å². The number of amides is 1. The quantitative estimate of drug-likeness (QED) is 0.274. The summed E-state index contributed by atoms with van der Waals surface area (Å²) >= 11 is 0. The highest BCUT2D eigenvalue weighted by atomic mass is 16.5. The van der Waals surface area contributed by atoms with Gasteiger partial charge in [-0.3, -0.25) is 14.5 Å². The molecule has 0 unspecified atom stereocenters. The number of hydrogen-bond acceptors (Lipinski definition) is 9. The van der Waals surface area contributed by atoms with E-state index in [1.165, 1.54) is 18.3 Å². The maximum absolute atomic E-state index is 12.6. The van der Waals surface area contributed by atoms with Gasteiger partial charge in [-0.1, -0.05) is 12.6 Å². The third kappa shape index (κ3) is 5.80.